The van der Waals surface area contributed by atoms with Crippen molar-refractivity contribution in [1.82, 2.24) is 4.90 Å². The van der Waals surface area contributed by atoms with Crippen LogP contribution in [0, 0.1) is 0 Å². The topological polar surface area (TPSA) is 20.3 Å². The van der Waals surface area contributed by atoms with Gasteiger partial charge in [-0.05, 0) is 24.5 Å². The van der Waals surface area contributed by atoms with Crippen LogP contribution in [0.15, 0.2) is 24.3 Å². The van der Waals surface area contributed by atoms with Gasteiger partial charge in [0.15, 0.2) is 0 Å². The van der Waals surface area contributed by atoms with E-state index >= 15 is 0 Å². The van der Waals surface area contributed by atoms with Crippen LogP contribution < -0.4 is 0 Å². The Labute approximate surface area is 104 Å². The van der Waals surface area contributed by atoms with Crippen molar-refractivity contribution in [2.24, 2.45) is 0 Å². The molecular weight excluding hydrogens is 210 g/mol. The lowest BCUT2D eigenvalue weighted by atomic mass is 9.99. The van der Waals surface area contributed by atoms with Gasteiger partial charge in [-0.3, -0.25) is 4.79 Å². The average molecular weight is 231 g/mol. The third-order valence-electron chi connectivity index (χ3n) is 3.47. The molecule has 0 aromatic heterocycles. The summed E-state index contributed by atoms with van der Waals surface area (Å²) in [6, 6.07) is 8.00. The van der Waals surface area contributed by atoms with Crippen molar-refractivity contribution in [3.63, 3.8) is 0 Å². The molecule has 1 aromatic rings. The minimum atomic E-state index is 0.225. The van der Waals surface area contributed by atoms with E-state index in [4.69, 9.17) is 0 Å². The molecule has 0 N–H and O–H groups in total. The monoisotopic (exact) mass is 231 g/mol. The molecule has 2 nitrogen and oxygen atoms in total. The molecule has 1 amide bonds. The van der Waals surface area contributed by atoms with E-state index in [9.17, 15) is 4.79 Å². The third kappa shape index (κ3) is 2.87. The molecule has 1 aliphatic rings. The van der Waals surface area contributed by atoms with Crippen molar-refractivity contribution in [2.45, 2.75) is 39.0 Å². The second-order valence-corrected chi connectivity index (χ2v) is 4.76. The number of nitrogens with zero attached hydrogens (tertiary/aromatic N) is 1. The van der Waals surface area contributed by atoms with Gasteiger partial charge in [0.2, 0.25) is 0 Å². The zero-order chi connectivity index (χ0) is 12.1. The van der Waals surface area contributed by atoms with Gasteiger partial charge in [-0.1, -0.05) is 44.4 Å². The van der Waals surface area contributed by atoms with Crippen molar-refractivity contribution in [2.75, 3.05) is 13.1 Å². The maximum absolute atomic E-state index is 12.2. The number of hydrogen-bond acceptors (Lipinski definition) is 1. The van der Waals surface area contributed by atoms with Crippen LogP contribution in [0.3, 0.4) is 0 Å². The normalized spacial score (nSPS) is 14.9. The Hall–Kier alpha value is -1.31. The summed E-state index contributed by atoms with van der Waals surface area (Å²) in [6.45, 7) is 4.03. The Bertz CT molecular complexity index is 386. The van der Waals surface area contributed by atoms with Crippen molar-refractivity contribution in [1.29, 1.82) is 0 Å². The molecule has 1 heterocycles. The van der Waals surface area contributed by atoms with Gasteiger partial charge in [0.05, 0.1) is 0 Å². The van der Waals surface area contributed by atoms with E-state index in [1.807, 2.05) is 23.1 Å². The molecular formula is C15H21NO. The minimum Gasteiger partial charge on any atom is -0.338 e. The lowest BCUT2D eigenvalue weighted by Gasteiger charge is -2.28. The van der Waals surface area contributed by atoms with Gasteiger partial charge >= 0.3 is 0 Å². The van der Waals surface area contributed by atoms with Gasteiger partial charge in [-0.25, -0.2) is 0 Å². The van der Waals surface area contributed by atoms with E-state index in [0.717, 1.165) is 31.5 Å². The summed E-state index contributed by atoms with van der Waals surface area (Å²) >= 11 is 0. The van der Waals surface area contributed by atoms with Crippen LogP contribution in [-0.2, 0) is 6.42 Å². The summed E-state index contributed by atoms with van der Waals surface area (Å²) in [5, 5.41) is 0. The fraction of sp³-hybridized carbons (Fsp3) is 0.533. The molecule has 0 fully saturated rings. The molecule has 0 atom stereocenters. The molecule has 0 saturated heterocycles. The zero-order valence-corrected chi connectivity index (χ0v) is 10.6. The lowest BCUT2D eigenvalue weighted by Crippen LogP contribution is -2.38. The summed E-state index contributed by atoms with van der Waals surface area (Å²) in [4.78, 5) is 14.2. The highest BCUT2D eigenvalue weighted by molar-refractivity contribution is 5.96. The van der Waals surface area contributed by atoms with Crippen LogP contribution in [0.25, 0.3) is 0 Å². The number of benzene rings is 1. The van der Waals surface area contributed by atoms with Gasteiger partial charge in [0.1, 0.15) is 0 Å². The zero-order valence-electron chi connectivity index (χ0n) is 10.6. The van der Waals surface area contributed by atoms with Crippen LogP contribution in [-0.4, -0.2) is 23.9 Å². The van der Waals surface area contributed by atoms with E-state index in [1.54, 1.807) is 0 Å². The van der Waals surface area contributed by atoms with Crippen LogP contribution in [0.5, 0.6) is 0 Å². The second-order valence-electron chi connectivity index (χ2n) is 4.76. The van der Waals surface area contributed by atoms with Gasteiger partial charge < -0.3 is 4.90 Å². The average Bonchev–Trinajstić information content (AvgIpc) is 2.37. The summed E-state index contributed by atoms with van der Waals surface area (Å²) in [5.74, 6) is 0.225. The first kappa shape index (κ1) is 12.2. The summed E-state index contributed by atoms with van der Waals surface area (Å²) in [6.07, 6.45) is 5.91. The van der Waals surface area contributed by atoms with Crippen molar-refractivity contribution >= 4 is 5.91 Å². The lowest BCUT2D eigenvalue weighted by molar-refractivity contribution is 0.0736. The van der Waals surface area contributed by atoms with Crippen LogP contribution in [0.2, 0.25) is 0 Å². The Morgan fingerprint density at radius 3 is 2.82 bits per heavy atom. The number of carbonyl (C=O) groups is 1. The number of carbonyl (C=O) groups excluding carboxylic acids is 1. The molecule has 1 aromatic carbocycles. The third-order valence-corrected chi connectivity index (χ3v) is 3.47. The molecule has 0 aliphatic carbocycles. The Kier molecular flexibility index (Phi) is 4.18. The smallest absolute Gasteiger partial charge is 0.254 e. The van der Waals surface area contributed by atoms with Crippen molar-refractivity contribution < 1.29 is 4.79 Å². The Morgan fingerprint density at radius 2 is 2.00 bits per heavy atom. The maximum Gasteiger partial charge on any atom is 0.254 e. The molecule has 0 spiro atoms. The molecule has 17 heavy (non-hydrogen) atoms. The first-order chi connectivity index (χ1) is 8.33. The van der Waals surface area contributed by atoms with E-state index in [2.05, 4.69) is 13.0 Å². The van der Waals surface area contributed by atoms with E-state index in [-0.39, 0.29) is 5.91 Å². The molecule has 0 bridgehead atoms. The van der Waals surface area contributed by atoms with Gasteiger partial charge in [-0.15, -0.1) is 0 Å². The molecule has 1 aliphatic heterocycles. The number of hydrogen-bond donors (Lipinski definition) is 0. The highest BCUT2D eigenvalue weighted by Gasteiger charge is 2.22. The molecule has 2 rings (SSSR count). The fourth-order valence-corrected chi connectivity index (χ4v) is 2.42. The second kappa shape index (κ2) is 5.85. The molecule has 0 unspecified atom stereocenters. The summed E-state index contributed by atoms with van der Waals surface area (Å²) < 4.78 is 0. The van der Waals surface area contributed by atoms with Crippen LogP contribution >= 0.6 is 0 Å². The highest BCUT2D eigenvalue weighted by atomic mass is 16.2. The number of rotatable bonds is 5. The van der Waals surface area contributed by atoms with Crippen molar-refractivity contribution in [3.05, 3.63) is 35.4 Å². The Morgan fingerprint density at radius 1 is 1.18 bits per heavy atom. The first-order valence-electron chi connectivity index (χ1n) is 6.70. The Balaban J connectivity index is 1.93. The number of unbranched alkanes of at least 4 members (excludes halogenated alkanes) is 3. The van der Waals surface area contributed by atoms with Gasteiger partial charge in [0, 0.05) is 18.7 Å². The predicted molar refractivity (Wildman–Crippen MR) is 70.2 cm³/mol. The van der Waals surface area contributed by atoms with Crippen LogP contribution in [0.4, 0.5) is 0 Å². The minimum absolute atomic E-state index is 0.225. The first-order valence-corrected chi connectivity index (χ1v) is 6.70. The maximum atomic E-state index is 12.2. The molecule has 0 radical (unpaired) electrons. The van der Waals surface area contributed by atoms with Crippen LogP contribution in [0.1, 0.15) is 48.5 Å². The summed E-state index contributed by atoms with van der Waals surface area (Å²) in [5.41, 5.74) is 2.12. The standard InChI is InChI=1S/C15H21NO/c1-2-3-4-7-11-16-12-10-13-8-5-6-9-14(13)15(16)17/h5-6,8-9H,2-4,7,10-12H2,1H3. The van der Waals surface area contributed by atoms with Gasteiger partial charge in [-0.2, -0.15) is 0 Å². The molecule has 2 heteroatoms. The fourth-order valence-electron chi connectivity index (χ4n) is 2.42. The van der Waals surface area contributed by atoms with Gasteiger partial charge in [0.25, 0.3) is 5.91 Å². The quantitative estimate of drug-likeness (QED) is 0.712. The SMILES string of the molecule is CCCCCCN1CCc2ccccc2C1=O. The van der Waals surface area contributed by atoms with E-state index in [1.165, 1.54) is 24.8 Å². The van der Waals surface area contributed by atoms with Crippen molar-refractivity contribution in [3.8, 4) is 0 Å². The highest BCUT2D eigenvalue weighted by Crippen LogP contribution is 2.18. The predicted octanol–water partition coefficient (Wildman–Crippen LogP) is 3.27. The van der Waals surface area contributed by atoms with E-state index in [0.29, 0.717) is 0 Å². The molecule has 92 valence electrons. The summed E-state index contributed by atoms with van der Waals surface area (Å²) in [7, 11) is 0. The number of fused-ring (bicyclic) bond motifs is 1. The van der Waals surface area contributed by atoms with E-state index < -0.39 is 0 Å². The number of amides is 1. The largest absolute Gasteiger partial charge is 0.338 e. The molecule has 0 saturated carbocycles.